The van der Waals surface area contributed by atoms with Gasteiger partial charge in [-0.25, -0.2) is 4.39 Å². The zero-order chi connectivity index (χ0) is 13.0. The quantitative estimate of drug-likeness (QED) is 0.924. The number of benzene rings is 1. The van der Waals surface area contributed by atoms with Crippen LogP contribution in [0.1, 0.15) is 11.1 Å². The molecule has 1 aromatic heterocycles. The van der Waals surface area contributed by atoms with E-state index in [-0.39, 0.29) is 6.54 Å². The first kappa shape index (κ1) is 12.3. The lowest BCUT2D eigenvalue weighted by atomic mass is 10.1. The molecule has 0 saturated carbocycles. The molecule has 0 spiro atoms. The Balaban J connectivity index is 2.06. The minimum Gasteiger partial charge on any atom is -0.364 e. The Kier molecular flexibility index (Phi) is 3.70. The van der Waals surface area contributed by atoms with E-state index >= 15 is 0 Å². The molecule has 0 radical (unpaired) electrons. The number of hydrogen-bond donors (Lipinski definition) is 1. The predicted molar refractivity (Wildman–Crippen MR) is 65.5 cm³/mol. The van der Waals surface area contributed by atoms with Crippen molar-refractivity contribution in [2.45, 2.75) is 6.54 Å². The van der Waals surface area contributed by atoms with Gasteiger partial charge in [0, 0.05) is 12.1 Å². The van der Waals surface area contributed by atoms with Crippen molar-refractivity contribution in [3.8, 4) is 6.07 Å². The fraction of sp³-hybridized carbons (Fsp3) is 0.0833. The first-order valence-corrected chi connectivity index (χ1v) is 5.48. The van der Waals surface area contributed by atoms with Crippen LogP contribution < -0.4 is 5.32 Å². The molecule has 0 amide bonds. The third-order valence-corrected chi connectivity index (χ3v) is 2.48. The summed E-state index contributed by atoms with van der Waals surface area (Å²) in [6, 6.07) is 9.44. The Morgan fingerprint density at radius 1 is 1.28 bits per heavy atom. The van der Waals surface area contributed by atoms with Gasteiger partial charge in [-0.2, -0.15) is 5.26 Å². The highest BCUT2D eigenvalue weighted by Gasteiger charge is 2.04. The molecule has 0 aliphatic heterocycles. The molecule has 1 aromatic carbocycles. The lowest BCUT2D eigenvalue weighted by Crippen LogP contribution is -2.04. The van der Waals surface area contributed by atoms with E-state index < -0.39 is 5.82 Å². The van der Waals surface area contributed by atoms with Gasteiger partial charge in [-0.3, -0.25) is 0 Å². The molecular formula is C12H8ClFN4. The third kappa shape index (κ3) is 2.93. The van der Waals surface area contributed by atoms with Crippen molar-refractivity contribution in [1.29, 1.82) is 5.26 Å². The van der Waals surface area contributed by atoms with E-state index in [1.54, 1.807) is 24.3 Å². The molecule has 90 valence electrons. The van der Waals surface area contributed by atoms with E-state index in [4.69, 9.17) is 16.9 Å². The Morgan fingerprint density at radius 2 is 2.11 bits per heavy atom. The number of aromatic nitrogens is 2. The van der Waals surface area contributed by atoms with E-state index in [0.29, 0.717) is 22.1 Å². The largest absolute Gasteiger partial charge is 0.364 e. The number of nitrogens with one attached hydrogen (secondary N) is 1. The maximum absolute atomic E-state index is 13.6. The molecule has 2 rings (SSSR count). The Bertz CT molecular complexity index is 592. The second kappa shape index (κ2) is 5.43. The van der Waals surface area contributed by atoms with E-state index in [1.165, 1.54) is 6.07 Å². The van der Waals surface area contributed by atoms with Crippen LogP contribution in [0.25, 0.3) is 0 Å². The van der Waals surface area contributed by atoms with Crippen LogP contribution in [-0.2, 0) is 6.54 Å². The lowest BCUT2D eigenvalue weighted by Gasteiger charge is -2.06. The van der Waals surface area contributed by atoms with Gasteiger partial charge in [-0.1, -0.05) is 17.7 Å². The molecule has 6 heteroatoms. The Morgan fingerprint density at radius 3 is 2.72 bits per heavy atom. The summed E-state index contributed by atoms with van der Waals surface area (Å²) in [5, 5.41) is 19.3. The minimum absolute atomic E-state index is 0.258. The van der Waals surface area contributed by atoms with Crippen molar-refractivity contribution in [3.05, 3.63) is 52.4 Å². The smallest absolute Gasteiger partial charge is 0.151 e. The molecule has 2 aromatic rings. The van der Waals surface area contributed by atoms with Gasteiger partial charge >= 0.3 is 0 Å². The van der Waals surface area contributed by atoms with Crippen molar-refractivity contribution in [2.75, 3.05) is 5.32 Å². The fourth-order valence-electron chi connectivity index (χ4n) is 1.36. The van der Waals surface area contributed by atoms with Gasteiger partial charge in [-0.15, -0.1) is 10.2 Å². The Labute approximate surface area is 108 Å². The predicted octanol–water partition coefficient (Wildman–Crippen LogP) is 2.75. The summed E-state index contributed by atoms with van der Waals surface area (Å²) < 4.78 is 13.6. The van der Waals surface area contributed by atoms with Gasteiger partial charge in [0.1, 0.15) is 11.6 Å². The number of halogens is 2. The molecule has 18 heavy (non-hydrogen) atoms. The zero-order valence-electron chi connectivity index (χ0n) is 9.19. The van der Waals surface area contributed by atoms with Gasteiger partial charge in [-0.05, 0) is 24.3 Å². The van der Waals surface area contributed by atoms with Crippen LogP contribution in [0.15, 0.2) is 30.3 Å². The van der Waals surface area contributed by atoms with Crippen molar-refractivity contribution in [2.24, 2.45) is 0 Å². The summed E-state index contributed by atoms with van der Waals surface area (Å²) >= 11 is 5.60. The van der Waals surface area contributed by atoms with E-state index in [2.05, 4.69) is 15.5 Å². The van der Waals surface area contributed by atoms with Crippen LogP contribution in [-0.4, -0.2) is 10.2 Å². The maximum Gasteiger partial charge on any atom is 0.151 e. The summed E-state index contributed by atoms with van der Waals surface area (Å²) in [4.78, 5) is 0. The minimum atomic E-state index is -0.427. The van der Waals surface area contributed by atoms with Gasteiger partial charge < -0.3 is 5.32 Å². The van der Waals surface area contributed by atoms with Gasteiger partial charge in [0.2, 0.25) is 0 Å². The molecule has 0 bridgehead atoms. The summed E-state index contributed by atoms with van der Waals surface area (Å²) in [6.45, 7) is 0.258. The average molecular weight is 263 g/mol. The topological polar surface area (TPSA) is 61.6 Å². The van der Waals surface area contributed by atoms with E-state index in [9.17, 15) is 4.39 Å². The molecule has 0 fully saturated rings. The molecule has 4 nitrogen and oxygen atoms in total. The molecule has 0 aliphatic rings. The van der Waals surface area contributed by atoms with Crippen LogP contribution in [0, 0.1) is 17.1 Å². The fourth-order valence-corrected chi connectivity index (χ4v) is 1.46. The SMILES string of the molecule is N#Cc1ccc(CNc2ccc(Cl)nn2)c(F)c1. The highest BCUT2D eigenvalue weighted by molar-refractivity contribution is 6.29. The molecule has 1 heterocycles. The molecule has 0 saturated heterocycles. The average Bonchev–Trinajstić information content (AvgIpc) is 2.39. The number of rotatable bonds is 3. The third-order valence-electron chi connectivity index (χ3n) is 2.27. The summed E-state index contributed by atoms with van der Waals surface area (Å²) in [7, 11) is 0. The van der Waals surface area contributed by atoms with Crippen LogP contribution in [0.4, 0.5) is 10.2 Å². The van der Waals surface area contributed by atoms with Crippen LogP contribution in [0.5, 0.6) is 0 Å². The second-order valence-electron chi connectivity index (χ2n) is 3.51. The monoisotopic (exact) mass is 262 g/mol. The first-order valence-electron chi connectivity index (χ1n) is 5.10. The van der Waals surface area contributed by atoms with Crippen LogP contribution in [0.3, 0.4) is 0 Å². The first-order chi connectivity index (χ1) is 8.69. The molecule has 0 aliphatic carbocycles. The normalized spacial score (nSPS) is 9.83. The summed E-state index contributed by atoms with van der Waals surface area (Å²) in [5.41, 5.74) is 0.744. The van der Waals surface area contributed by atoms with Gasteiger partial charge in [0.05, 0.1) is 11.6 Å². The van der Waals surface area contributed by atoms with Gasteiger partial charge in [0.25, 0.3) is 0 Å². The van der Waals surface area contributed by atoms with E-state index in [1.807, 2.05) is 6.07 Å². The Hall–Kier alpha value is -2.19. The number of anilines is 1. The zero-order valence-corrected chi connectivity index (χ0v) is 9.95. The van der Waals surface area contributed by atoms with Crippen molar-refractivity contribution < 1.29 is 4.39 Å². The second-order valence-corrected chi connectivity index (χ2v) is 3.90. The standard InChI is InChI=1S/C12H8ClFN4/c13-11-3-4-12(18-17-11)16-7-9-2-1-8(6-15)5-10(9)14/h1-5H,7H2,(H,16,18). The van der Waals surface area contributed by atoms with Crippen molar-refractivity contribution in [1.82, 2.24) is 10.2 Å². The van der Waals surface area contributed by atoms with Crippen LogP contribution in [0.2, 0.25) is 5.15 Å². The van der Waals surface area contributed by atoms with Crippen molar-refractivity contribution >= 4 is 17.4 Å². The van der Waals surface area contributed by atoms with Crippen molar-refractivity contribution in [3.63, 3.8) is 0 Å². The highest BCUT2D eigenvalue weighted by Crippen LogP contribution is 2.12. The molecule has 0 atom stereocenters. The number of hydrogen-bond acceptors (Lipinski definition) is 4. The highest BCUT2D eigenvalue weighted by atomic mass is 35.5. The summed E-state index contributed by atoms with van der Waals surface area (Å²) in [5.74, 6) is 0.0756. The van der Waals surface area contributed by atoms with Gasteiger partial charge in [0.15, 0.2) is 5.15 Å². The molecule has 1 N–H and O–H groups in total. The molecular weight excluding hydrogens is 255 g/mol. The van der Waals surface area contributed by atoms with E-state index in [0.717, 1.165) is 0 Å². The lowest BCUT2D eigenvalue weighted by molar-refractivity contribution is 0.612. The molecule has 0 unspecified atom stereocenters. The maximum atomic E-state index is 13.6. The van der Waals surface area contributed by atoms with Crippen LogP contribution >= 0.6 is 11.6 Å². The number of nitriles is 1. The summed E-state index contributed by atoms with van der Waals surface area (Å²) in [6.07, 6.45) is 0. The number of nitrogens with zero attached hydrogens (tertiary/aromatic N) is 3.